The fourth-order valence-corrected chi connectivity index (χ4v) is 4.70. The van der Waals surface area contributed by atoms with Crippen LogP contribution in [0.5, 0.6) is 5.75 Å². The largest absolute Gasteiger partial charge is 0.497 e. The number of pyridine rings is 1. The summed E-state index contributed by atoms with van der Waals surface area (Å²) in [5.41, 5.74) is 3.93. The van der Waals surface area contributed by atoms with E-state index in [0.29, 0.717) is 10.7 Å². The van der Waals surface area contributed by atoms with E-state index < -0.39 is 0 Å². The molecule has 0 spiro atoms. The molecule has 0 fully saturated rings. The summed E-state index contributed by atoms with van der Waals surface area (Å²) >= 11 is 3.00. The standard InChI is InChI=1S/C24H17N3O2S2/c1-29-16-10-8-15(9-11-16)21-14-31-24(26-21)27-23(28)18-13-20(22-7-4-12-30-22)25-19-6-3-2-5-17(18)19/h2-14H,1H3,(H,26,27,28). The maximum absolute atomic E-state index is 13.2. The summed E-state index contributed by atoms with van der Waals surface area (Å²) in [6, 6.07) is 21.2. The lowest BCUT2D eigenvalue weighted by Gasteiger charge is -2.08. The van der Waals surface area contributed by atoms with Crippen molar-refractivity contribution in [3.05, 3.63) is 83.1 Å². The van der Waals surface area contributed by atoms with Gasteiger partial charge in [-0.15, -0.1) is 22.7 Å². The van der Waals surface area contributed by atoms with Crippen molar-refractivity contribution < 1.29 is 9.53 Å². The summed E-state index contributed by atoms with van der Waals surface area (Å²) in [5, 5.41) is 8.25. The third-order valence-electron chi connectivity index (χ3n) is 4.84. The number of ether oxygens (including phenoxy) is 1. The van der Waals surface area contributed by atoms with E-state index in [1.54, 1.807) is 18.4 Å². The molecule has 0 unspecified atom stereocenters. The number of hydrogen-bond donors (Lipinski definition) is 1. The van der Waals surface area contributed by atoms with Crippen molar-refractivity contribution in [2.45, 2.75) is 0 Å². The third-order valence-corrected chi connectivity index (χ3v) is 6.49. The van der Waals surface area contributed by atoms with Crippen LogP contribution in [0.2, 0.25) is 0 Å². The van der Waals surface area contributed by atoms with Gasteiger partial charge in [0.2, 0.25) is 0 Å². The number of para-hydroxylation sites is 1. The number of rotatable bonds is 5. The van der Waals surface area contributed by atoms with E-state index in [9.17, 15) is 4.79 Å². The van der Waals surface area contributed by atoms with E-state index >= 15 is 0 Å². The molecule has 0 aliphatic rings. The van der Waals surface area contributed by atoms with E-state index in [2.05, 4.69) is 10.3 Å². The number of carbonyl (C=O) groups is 1. The molecule has 31 heavy (non-hydrogen) atoms. The van der Waals surface area contributed by atoms with Crippen LogP contribution in [0, 0.1) is 0 Å². The summed E-state index contributed by atoms with van der Waals surface area (Å²) in [6.45, 7) is 0. The number of benzene rings is 2. The van der Waals surface area contributed by atoms with Gasteiger partial charge in [-0.3, -0.25) is 10.1 Å². The fraction of sp³-hybridized carbons (Fsp3) is 0.0417. The highest BCUT2D eigenvalue weighted by Crippen LogP contribution is 2.30. The molecule has 3 heterocycles. The summed E-state index contributed by atoms with van der Waals surface area (Å²) in [7, 11) is 1.64. The monoisotopic (exact) mass is 443 g/mol. The second kappa shape index (κ2) is 8.29. The number of methoxy groups -OCH3 is 1. The van der Waals surface area contributed by atoms with Crippen LogP contribution in [0.4, 0.5) is 5.13 Å². The van der Waals surface area contributed by atoms with Crippen molar-refractivity contribution in [3.8, 4) is 27.6 Å². The highest BCUT2D eigenvalue weighted by molar-refractivity contribution is 7.14. The average molecular weight is 444 g/mol. The Kier molecular flexibility index (Phi) is 5.19. The van der Waals surface area contributed by atoms with Gasteiger partial charge in [0, 0.05) is 16.3 Å². The van der Waals surface area contributed by atoms with Crippen LogP contribution >= 0.6 is 22.7 Å². The van der Waals surface area contributed by atoms with Gasteiger partial charge in [0.1, 0.15) is 5.75 Å². The van der Waals surface area contributed by atoms with Gasteiger partial charge in [0.25, 0.3) is 5.91 Å². The molecule has 0 aliphatic heterocycles. The minimum atomic E-state index is -0.202. The van der Waals surface area contributed by atoms with E-state index in [1.165, 1.54) is 11.3 Å². The molecule has 5 rings (SSSR count). The number of aromatic nitrogens is 2. The van der Waals surface area contributed by atoms with Crippen LogP contribution in [0.25, 0.3) is 32.7 Å². The minimum Gasteiger partial charge on any atom is -0.497 e. The first-order valence-electron chi connectivity index (χ1n) is 9.56. The van der Waals surface area contributed by atoms with Gasteiger partial charge in [-0.25, -0.2) is 9.97 Å². The number of fused-ring (bicyclic) bond motifs is 1. The highest BCUT2D eigenvalue weighted by atomic mass is 32.1. The maximum Gasteiger partial charge on any atom is 0.258 e. The Morgan fingerprint density at radius 2 is 1.77 bits per heavy atom. The summed E-state index contributed by atoms with van der Waals surface area (Å²) in [6.07, 6.45) is 0. The molecule has 0 aliphatic carbocycles. The Balaban J connectivity index is 1.46. The van der Waals surface area contributed by atoms with Gasteiger partial charge in [0.15, 0.2) is 5.13 Å². The Morgan fingerprint density at radius 3 is 2.55 bits per heavy atom. The first-order valence-corrected chi connectivity index (χ1v) is 11.3. The van der Waals surface area contributed by atoms with Gasteiger partial charge in [-0.2, -0.15) is 0 Å². The van der Waals surface area contributed by atoms with Gasteiger partial charge < -0.3 is 4.74 Å². The average Bonchev–Trinajstić information content (AvgIpc) is 3.51. The zero-order chi connectivity index (χ0) is 21.2. The van der Waals surface area contributed by atoms with Crippen LogP contribution < -0.4 is 10.1 Å². The molecule has 5 aromatic rings. The van der Waals surface area contributed by atoms with Crippen LogP contribution in [-0.4, -0.2) is 23.0 Å². The molecule has 1 amide bonds. The topological polar surface area (TPSA) is 64.1 Å². The predicted molar refractivity (Wildman–Crippen MR) is 127 cm³/mol. The van der Waals surface area contributed by atoms with Crippen LogP contribution in [-0.2, 0) is 0 Å². The Labute approximate surface area is 187 Å². The highest BCUT2D eigenvalue weighted by Gasteiger charge is 2.16. The number of anilines is 1. The number of amides is 1. The molecule has 0 bridgehead atoms. The first kappa shape index (κ1) is 19.4. The first-order chi connectivity index (χ1) is 15.2. The molecule has 0 radical (unpaired) electrons. The molecular weight excluding hydrogens is 426 g/mol. The molecule has 0 saturated heterocycles. The summed E-state index contributed by atoms with van der Waals surface area (Å²) < 4.78 is 5.20. The Hall–Kier alpha value is -3.55. The Bertz CT molecular complexity index is 1360. The number of carbonyl (C=O) groups excluding carboxylic acids is 1. The zero-order valence-corrected chi connectivity index (χ0v) is 18.2. The molecule has 1 N–H and O–H groups in total. The molecule has 7 heteroatoms. The quantitative estimate of drug-likeness (QED) is 0.344. The van der Waals surface area contributed by atoms with Crippen molar-refractivity contribution >= 4 is 44.6 Å². The number of thiazole rings is 1. The van der Waals surface area contributed by atoms with Gasteiger partial charge >= 0.3 is 0 Å². The lowest BCUT2D eigenvalue weighted by atomic mass is 10.1. The minimum absolute atomic E-state index is 0.202. The molecular formula is C24H17N3O2S2. The Morgan fingerprint density at radius 1 is 0.935 bits per heavy atom. The SMILES string of the molecule is COc1ccc(-c2csc(NC(=O)c3cc(-c4cccs4)nc4ccccc34)n2)cc1. The third kappa shape index (κ3) is 3.93. The lowest BCUT2D eigenvalue weighted by Crippen LogP contribution is -2.13. The molecule has 2 aromatic carbocycles. The molecule has 0 saturated carbocycles. The van der Waals surface area contributed by atoms with Crippen molar-refractivity contribution in [2.24, 2.45) is 0 Å². The smallest absolute Gasteiger partial charge is 0.258 e. The zero-order valence-electron chi connectivity index (χ0n) is 16.5. The van der Waals surface area contributed by atoms with Crippen LogP contribution in [0.3, 0.4) is 0 Å². The maximum atomic E-state index is 13.2. The van der Waals surface area contributed by atoms with Crippen molar-refractivity contribution in [2.75, 3.05) is 12.4 Å². The fourth-order valence-electron chi connectivity index (χ4n) is 3.30. The van der Waals surface area contributed by atoms with E-state index in [1.807, 2.05) is 77.5 Å². The van der Waals surface area contributed by atoms with Crippen molar-refractivity contribution in [1.82, 2.24) is 9.97 Å². The normalized spacial score (nSPS) is 10.9. The second-order valence-electron chi connectivity index (χ2n) is 6.77. The van der Waals surface area contributed by atoms with E-state index in [-0.39, 0.29) is 5.91 Å². The summed E-state index contributed by atoms with van der Waals surface area (Å²) in [4.78, 5) is 23.5. The van der Waals surface area contributed by atoms with E-state index in [0.717, 1.165) is 38.5 Å². The van der Waals surface area contributed by atoms with Crippen molar-refractivity contribution in [3.63, 3.8) is 0 Å². The number of thiophene rings is 1. The van der Waals surface area contributed by atoms with Gasteiger partial charge in [0.05, 0.1) is 34.5 Å². The predicted octanol–water partition coefficient (Wildman–Crippen LogP) is 6.35. The lowest BCUT2D eigenvalue weighted by molar-refractivity contribution is 0.102. The molecule has 3 aromatic heterocycles. The molecule has 152 valence electrons. The van der Waals surface area contributed by atoms with Gasteiger partial charge in [-0.05, 0) is 47.8 Å². The van der Waals surface area contributed by atoms with Crippen LogP contribution in [0.1, 0.15) is 10.4 Å². The van der Waals surface area contributed by atoms with Crippen LogP contribution in [0.15, 0.2) is 77.5 Å². The van der Waals surface area contributed by atoms with Crippen molar-refractivity contribution in [1.29, 1.82) is 0 Å². The number of nitrogens with one attached hydrogen (secondary N) is 1. The second-order valence-corrected chi connectivity index (χ2v) is 8.58. The molecule has 5 nitrogen and oxygen atoms in total. The van der Waals surface area contributed by atoms with Gasteiger partial charge in [-0.1, -0.05) is 24.3 Å². The number of nitrogens with zero attached hydrogens (tertiary/aromatic N) is 2. The molecule has 0 atom stereocenters. The number of hydrogen-bond acceptors (Lipinski definition) is 6. The summed E-state index contributed by atoms with van der Waals surface area (Å²) in [5.74, 6) is 0.589. The van der Waals surface area contributed by atoms with E-state index in [4.69, 9.17) is 9.72 Å².